The zero-order valence-electron chi connectivity index (χ0n) is 16.9. The number of nitrogens with zero attached hydrogens (tertiary/aromatic N) is 3. The molecule has 3 rings (SSSR count). The fraction of sp³-hybridized carbons (Fsp3) is 0.650. The molecule has 0 bridgehead atoms. The van der Waals surface area contributed by atoms with E-state index in [0.29, 0.717) is 37.2 Å². The van der Waals surface area contributed by atoms with Crippen molar-refractivity contribution in [2.45, 2.75) is 45.2 Å². The number of fused-ring (bicyclic) bond motifs is 1. The summed E-state index contributed by atoms with van der Waals surface area (Å²) < 4.78 is 12.0. The number of carbonyl (C=O) groups excluding carboxylic acids is 2. The van der Waals surface area contributed by atoms with Crippen LogP contribution in [0.1, 0.15) is 42.2 Å². The van der Waals surface area contributed by atoms with Crippen molar-refractivity contribution in [2.24, 2.45) is 0 Å². The Bertz CT molecular complexity index is 804. The first-order chi connectivity index (χ1) is 13.5. The van der Waals surface area contributed by atoms with Crippen LogP contribution in [0.5, 0.6) is 5.75 Å². The van der Waals surface area contributed by atoms with Crippen LogP contribution < -0.4 is 10.3 Å². The Kier molecular flexibility index (Phi) is 6.39. The molecule has 1 fully saturated rings. The Hall–Kier alpha value is -2.35. The van der Waals surface area contributed by atoms with Crippen molar-refractivity contribution >= 4 is 11.9 Å². The third kappa shape index (κ3) is 3.78. The molecule has 1 aromatic rings. The molecular formula is C20H29N3O5. The quantitative estimate of drug-likeness (QED) is 0.710. The summed E-state index contributed by atoms with van der Waals surface area (Å²) in [7, 11) is 2.80. The monoisotopic (exact) mass is 391 g/mol. The highest BCUT2D eigenvalue weighted by Gasteiger charge is 2.36. The number of ether oxygens (including phenoxy) is 2. The van der Waals surface area contributed by atoms with E-state index in [4.69, 9.17) is 9.47 Å². The first-order valence-corrected chi connectivity index (χ1v) is 9.93. The molecule has 0 aromatic carbocycles. The van der Waals surface area contributed by atoms with Crippen molar-refractivity contribution in [3.63, 3.8) is 0 Å². The van der Waals surface area contributed by atoms with Gasteiger partial charge in [0.2, 0.25) is 0 Å². The Morgan fingerprint density at radius 1 is 1.14 bits per heavy atom. The molecule has 0 unspecified atom stereocenters. The van der Waals surface area contributed by atoms with E-state index < -0.39 is 12.0 Å². The molecule has 2 aliphatic rings. The van der Waals surface area contributed by atoms with Crippen LogP contribution in [-0.2, 0) is 22.5 Å². The van der Waals surface area contributed by atoms with Crippen LogP contribution in [0.3, 0.4) is 0 Å². The molecule has 0 saturated carbocycles. The van der Waals surface area contributed by atoms with E-state index in [1.165, 1.54) is 20.3 Å². The third-order valence-corrected chi connectivity index (χ3v) is 5.80. The average molecular weight is 391 g/mol. The summed E-state index contributed by atoms with van der Waals surface area (Å²) in [5.41, 5.74) is 0.930. The van der Waals surface area contributed by atoms with Crippen molar-refractivity contribution < 1.29 is 19.1 Å². The van der Waals surface area contributed by atoms with Gasteiger partial charge in [0.05, 0.1) is 14.2 Å². The SMILES string of the molecule is CCN1CCc2c(C(=O)N3CCCC[C@H]3C(=O)OC)c(OC)cc(=O)n2CC1. The summed E-state index contributed by atoms with van der Waals surface area (Å²) in [6, 6.07) is 0.788. The first-order valence-electron chi connectivity index (χ1n) is 9.93. The van der Waals surface area contributed by atoms with Crippen LogP contribution >= 0.6 is 0 Å². The minimum absolute atomic E-state index is 0.162. The highest BCUT2D eigenvalue weighted by molar-refractivity contribution is 6.00. The van der Waals surface area contributed by atoms with E-state index in [1.54, 1.807) is 9.47 Å². The van der Waals surface area contributed by atoms with Crippen LogP contribution in [0.15, 0.2) is 10.9 Å². The van der Waals surface area contributed by atoms with Gasteiger partial charge in [0.1, 0.15) is 17.4 Å². The minimum atomic E-state index is -0.596. The largest absolute Gasteiger partial charge is 0.496 e. The zero-order chi connectivity index (χ0) is 20.3. The van der Waals surface area contributed by atoms with Crippen LogP contribution in [0.4, 0.5) is 0 Å². The summed E-state index contributed by atoms with van der Waals surface area (Å²) >= 11 is 0. The van der Waals surface area contributed by atoms with E-state index in [-0.39, 0.29) is 17.2 Å². The summed E-state index contributed by atoms with van der Waals surface area (Å²) in [5, 5.41) is 0. The fourth-order valence-electron chi connectivity index (χ4n) is 4.20. The molecule has 8 heteroatoms. The number of hydrogen-bond donors (Lipinski definition) is 0. The summed E-state index contributed by atoms with van der Waals surface area (Å²) in [6.07, 6.45) is 2.87. The van der Waals surface area contributed by atoms with E-state index in [1.807, 2.05) is 0 Å². The Morgan fingerprint density at radius 3 is 2.61 bits per heavy atom. The Morgan fingerprint density at radius 2 is 1.93 bits per heavy atom. The number of carbonyl (C=O) groups is 2. The second-order valence-corrected chi connectivity index (χ2v) is 7.24. The molecule has 1 atom stereocenters. The number of likely N-dealkylation sites (tertiary alicyclic amines) is 1. The van der Waals surface area contributed by atoms with Crippen molar-refractivity contribution in [3.05, 3.63) is 27.7 Å². The third-order valence-electron chi connectivity index (χ3n) is 5.80. The van der Waals surface area contributed by atoms with Crippen molar-refractivity contribution in [2.75, 3.05) is 40.4 Å². The molecule has 28 heavy (non-hydrogen) atoms. The average Bonchev–Trinajstić information content (AvgIpc) is 2.95. The van der Waals surface area contributed by atoms with Gasteiger partial charge in [-0.1, -0.05) is 6.92 Å². The molecule has 2 aliphatic heterocycles. The number of aromatic nitrogens is 1. The highest BCUT2D eigenvalue weighted by Crippen LogP contribution is 2.28. The number of piperidine rings is 1. The van der Waals surface area contributed by atoms with Gasteiger partial charge < -0.3 is 23.8 Å². The lowest BCUT2D eigenvalue weighted by molar-refractivity contribution is -0.147. The maximum Gasteiger partial charge on any atom is 0.328 e. The number of esters is 1. The molecule has 0 spiro atoms. The van der Waals surface area contributed by atoms with Gasteiger partial charge in [0, 0.05) is 44.4 Å². The second kappa shape index (κ2) is 8.77. The van der Waals surface area contributed by atoms with Gasteiger partial charge in [-0.25, -0.2) is 4.79 Å². The van der Waals surface area contributed by atoms with Gasteiger partial charge in [-0.3, -0.25) is 9.59 Å². The number of methoxy groups -OCH3 is 2. The lowest BCUT2D eigenvalue weighted by Crippen LogP contribution is -2.49. The van der Waals surface area contributed by atoms with Crippen LogP contribution in [0, 0.1) is 0 Å². The van der Waals surface area contributed by atoms with Gasteiger partial charge in [-0.15, -0.1) is 0 Å². The van der Waals surface area contributed by atoms with Crippen molar-refractivity contribution in [1.29, 1.82) is 0 Å². The number of hydrogen-bond acceptors (Lipinski definition) is 6. The van der Waals surface area contributed by atoms with E-state index in [9.17, 15) is 14.4 Å². The highest BCUT2D eigenvalue weighted by atomic mass is 16.5. The number of pyridine rings is 1. The molecule has 1 saturated heterocycles. The zero-order valence-corrected chi connectivity index (χ0v) is 16.9. The van der Waals surface area contributed by atoms with Gasteiger partial charge in [0.15, 0.2) is 0 Å². The topological polar surface area (TPSA) is 81.1 Å². The molecule has 0 N–H and O–H groups in total. The molecule has 154 valence electrons. The van der Waals surface area contributed by atoms with Gasteiger partial charge in [0.25, 0.3) is 11.5 Å². The summed E-state index contributed by atoms with van der Waals surface area (Å²) in [6.45, 7) is 5.52. The Labute approximate surface area is 165 Å². The maximum atomic E-state index is 13.6. The second-order valence-electron chi connectivity index (χ2n) is 7.24. The van der Waals surface area contributed by atoms with Crippen molar-refractivity contribution in [1.82, 2.24) is 14.4 Å². The van der Waals surface area contributed by atoms with Crippen LogP contribution in [0.2, 0.25) is 0 Å². The molecule has 3 heterocycles. The molecule has 0 radical (unpaired) electrons. The lowest BCUT2D eigenvalue weighted by atomic mass is 9.99. The molecular weight excluding hydrogens is 362 g/mol. The molecule has 0 aliphatic carbocycles. The molecule has 1 aromatic heterocycles. The van der Waals surface area contributed by atoms with E-state index in [2.05, 4.69) is 11.8 Å². The number of amides is 1. The van der Waals surface area contributed by atoms with Crippen LogP contribution in [0.25, 0.3) is 0 Å². The van der Waals surface area contributed by atoms with Crippen molar-refractivity contribution in [3.8, 4) is 5.75 Å². The lowest BCUT2D eigenvalue weighted by Gasteiger charge is -2.34. The van der Waals surface area contributed by atoms with E-state index >= 15 is 0 Å². The number of rotatable bonds is 4. The first kappa shape index (κ1) is 20.4. The predicted molar refractivity (Wildman–Crippen MR) is 104 cm³/mol. The molecule has 8 nitrogen and oxygen atoms in total. The van der Waals surface area contributed by atoms with Gasteiger partial charge in [-0.05, 0) is 25.8 Å². The predicted octanol–water partition coefficient (Wildman–Crippen LogP) is 0.903. The minimum Gasteiger partial charge on any atom is -0.496 e. The van der Waals surface area contributed by atoms with Gasteiger partial charge in [-0.2, -0.15) is 0 Å². The summed E-state index contributed by atoms with van der Waals surface area (Å²) in [5.74, 6) is -0.385. The smallest absolute Gasteiger partial charge is 0.328 e. The van der Waals surface area contributed by atoms with Crippen LogP contribution in [-0.4, -0.2) is 72.7 Å². The number of likely N-dealkylation sites (N-methyl/N-ethyl adjacent to an activating group) is 1. The van der Waals surface area contributed by atoms with Gasteiger partial charge >= 0.3 is 5.97 Å². The normalized spacial score (nSPS) is 20.2. The fourth-order valence-corrected chi connectivity index (χ4v) is 4.20. The Balaban J connectivity index is 2.06. The molecule has 1 amide bonds. The van der Waals surface area contributed by atoms with E-state index in [0.717, 1.165) is 32.5 Å². The summed E-state index contributed by atoms with van der Waals surface area (Å²) in [4.78, 5) is 42.3. The maximum absolute atomic E-state index is 13.6. The standard InChI is InChI=1S/C20H29N3O5/c1-4-21-10-8-14-18(16(27-2)13-17(24)22(14)12-11-21)19(25)23-9-6-5-7-15(23)20(26)28-3/h13,15H,4-12H2,1-3H3/t15-/m0/s1.